The molecule has 0 spiro atoms. The quantitative estimate of drug-likeness (QED) is 0.735. The van der Waals surface area contributed by atoms with E-state index in [2.05, 4.69) is 0 Å². The molecule has 0 aliphatic rings. The molecular weight excluding hydrogens is 183 g/mol. The number of aliphatic carboxylic acids is 1. The molecule has 0 bridgehead atoms. The maximum Gasteiger partial charge on any atom is 0.364 e. The predicted molar refractivity (Wildman–Crippen MR) is 52.6 cm³/mol. The average molecular weight is 194 g/mol. The highest BCUT2D eigenvalue weighted by Crippen LogP contribution is 2.15. The first-order valence-electron chi connectivity index (χ1n) is 4.18. The third kappa shape index (κ3) is 2.42. The standard InChI is InChI=1S/C11H11FO2/c1-7-3-4-8(2)9(5-7)6-10(12)11(13)14/h3-6H,1-2H3,(H,13,14). The van der Waals surface area contributed by atoms with Gasteiger partial charge in [0.15, 0.2) is 0 Å². The molecule has 3 heteroatoms. The van der Waals surface area contributed by atoms with Crippen LogP contribution < -0.4 is 0 Å². The first-order chi connectivity index (χ1) is 6.50. The molecule has 0 saturated heterocycles. The Bertz CT molecular complexity index is 394. The number of carboxylic acid groups (broad SMARTS) is 1. The van der Waals surface area contributed by atoms with Crippen molar-refractivity contribution < 1.29 is 14.3 Å². The average Bonchev–Trinajstić information content (AvgIpc) is 2.11. The van der Waals surface area contributed by atoms with Crippen LogP contribution in [0.2, 0.25) is 0 Å². The molecule has 1 aromatic carbocycles. The van der Waals surface area contributed by atoms with Crippen molar-refractivity contribution in [1.29, 1.82) is 0 Å². The second kappa shape index (κ2) is 4.05. The van der Waals surface area contributed by atoms with Crippen molar-refractivity contribution in [3.05, 3.63) is 40.7 Å². The van der Waals surface area contributed by atoms with E-state index in [9.17, 15) is 9.18 Å². The monoisotopic (exact) mass is 194 g/mol. The number of benzene rings is 1. The van der Waals surface area contributed by atoms with E-state index in [1.165, 1.54) is 0 Å². The molecule has 1 aromatic rings. The van der Waals surface area contributed by atoms with Crippen LogP contribution in [-0.4, -0.2) is 11.1 Å². The van der Waals surface area contributed by atoms with Gasteiger partial charge in [-0.3, -0.25) is 0 Å². The van der Waals surface area contributed by atoms with Gasteiger partial charge in [0.25, 0.3) is 0 Å². The highest BCUT2D eigenvalue weighted by Gasteiger charge is 2.06. The van der Waals surface area contributed by atoms with Gasteiger partial charge in [-0.1, -0.05) is 23.8 Å². The van der Waals surface area contributed by atoms with Crippen molar-refractivity contribution >= 4 is 12.0 Å². The molecule has 0 unspecified atom stereocenters. The third-order valence-electron chi connectivity index (χ3n) is 1.92. The van der Waals surface area contributed by atoms with Crippen LogP contribution in [0.4, 0.5) is 4.39 Å². The van der Waals surface area contributed by atoms with Gasteiger partial charge in [0, 0.05) is 0 Å². The SMILES string of the molecule is Cc1ccc(C)c(C=C(F)C(=O)O)c1. The number of hydrogen-bond donors (Lipinski definition) is 1. The van der Waals surface area contributed by atoms with Gasteiger partial charge in [-0.15, -0.1) is 0 Å². The van der Waals surface area contributed by atoms with Crippen LogP contribution in [-0.2, 0) is 4.79 Å². The summed E-state index contributed by atoms with van der Waals surface area (Å²) in [5.74, 6) is -2.68. The molecular formula is C11H11FO2. The van der Waals surface area contributed by atoms with Crippen LogP contribution in [0.15, 0.2) is 24.0 Å². The zero-order valence-corrected chi connectivity index (χ0v) is 8.04. The highest BCUT2D eigenvalue weighted by molar-refractivity contribution is 5.89. The highest BCUT2D eigenvalue weighted by atomic mass is 19.1. The lowest BCUT2D eigenvalue weighted by Gasteiger charge is -2.01. The third-order valence-corrected chi connectivity index (χ3v) is 1.92. The lowest BCUT2D eigenvalue weighted by molar-refractivity contribution is -0.134. The summed E-state index contributed by atoms with van der Waals surface area (Å²) in [6.07, 6.45) is 1.03. The molecule has 74 valence electrons. The van der Waals surface area contributed by atoms with Crippen molar-refractivity contribution in [2.45, 2.75) is 13.8 Å². The summed E-state index contributed by atoms with van der Waals surface area (Å²) in [6.45, 7) is 3.68. The van der Waals surface area contributed by atoms with Gasteiger partial charge in [0.1, 0.15) is 0 Å². The van der Waals surface area contributed by atoms with Gasteiger partial charge in [-0.2, -0.15) is 4.39 Å². The smallest absolute Gasteiger partial charge is 0.364 e. The van der Waals surface area contributed by atoms with Crippen LogP contribution in [0.5, 0.6) is 0 Å². The first kappa shape index (κ1) is 10.4. The minimum atomic E-state index is -1.54. The van der Waals surface area contributed by atoms with Crippen LogP contribution in [0.25, 0.3) is 6.08 Å². The molecule has 0 radical (unpaired) electrons. The summed E-state index contributed by atoms with van der Waals surface area (Å²) in [7, 11) is 0. The van der Waals surface area contributed by atoms with Gasteiger partial charge >= 0.3 is 5.97 Å². The zero-order valence-electron chi connectivity index (χ0n) is 8.04. The maximum absolute atomic E-state index is 12.8. The Balaban J connectivity index is 3.13. The van der Waals surface area contributed by atoms with Crippen LogP contribution in [0.1, 0.15) is 16.7 Å². The van der Waals surface area contributed by atoms with E-state index >= 15 is 0 Å². The van der Waals surface area contributed by atoms with Gasteiger partial charge in [0.05, 0.1) is 0 Å². The summed E-state index contributed by atoms with van der Waals surface area (Å²) in [6, 6.07) is 5.47. The van der Waals surface area contributed by atoms with Crippen molar-refractivity contribution in [3.8, 4) is 0 Å². The number of halogens is 1. The summed E-state index contributed by atoms with van der Waals surface area (Å²) < 4.78 is 12.8. The van der Waals surface area contributed by atoms with E-state index < -0.39 is 11.8 Å². The molecule has 0 atom stereocenters. The Morgan fingerprint density at radius 3 is 2.64 bits per heavy atom. The van der Waals surface area contributed by atoms with E-state index in [4.69, 9.17) is 5.11 Å². The Hall–Kier alpha value is -1.64. The van der Waals surface area contributed by atoms with E-state index in [-0.39, 0.29) is 0 Å². The topological polar surface area (TPSA) is 37.3 Å². The number of aryl methyl sites for hydroxylation is 2. The second-order valence-electron chi connectivity index (χ2n) is 3.16. The molecule has 0 fully saturated rings. The molecule has 2 nitrogen and oxygen atoms in total. The van der Waals surface area contributed by atoms with E-state index in [0.717, 1.165) is 17.2 Å². The van der Waals surface area contributed by atoms with Gasteiger partial charge in [-0.05, 0) is 31.1 Å². The largest absolute Gasteiger partial charge is 0.476 e. The van der Waals surface area contributed by atoms with E-state index in [1.807, 2.05) is 19.1 Å². The molecule has 0 heterocycles. The minimum absolute atomic E-state index is 0.602. The van der Waals surface area contributed by atoms with Crippen molar-refractivity contribution in [1.82, 2.24) is 0 Å². The summed E-state index contributed by atoms with van der Waals surface area (Å²) >= 11 is 0. The fourth-order valence-corrected chi connectivity index (χ4v) is 1.11. The molecule has 0 aliphatic carbocycles. The fraction of sp³-hybridized carbons (Fsp3) is 0.182. The lowest BCUT2D eigenvalue weighted by Crippen LogP contribution is -1.95. The normalized spacial score (nSPS) is 11.5. The van der Waals surface area contributed by atoms with Gasteiger partial charge in [0.2, 0.25) is 5.83 Å². The molecule has 0 aliphatic heterocycles. The van der Waals surface area contributed by atoms with E-state index in [1.54, 1.807) is 13.0 Å². The number of rotatable bonds is 2. The Morgan fingerprint density at radius 1 is 1.43 bits per heavy atom. The maximum atomic E-state index is 12.8. The molecule has 1 rings (SSSR count). The van der Waals surface area contributed by atoms with Crippen LogP contribution in [0.3, 0.4) is 0 Å². The van der Waals surface area contributed by atoms with Crippen molar-refractivity contribution in [2.24, 2.45) is 0 Å². The summed E-state index contributed by atoms with van der Waals surface area (Å²) in [5.41, 5.74) is 2.43. The fourth-order valence-electron chi connectivity index (χ4n) is 1.11. The summed E-state index contributed by atoms with van der Waals surface area (Å²) in [4.78, 5) is 10.3. The minimum Gasteiger partial charge on any atom is -0.476 e. The van der Waals surface area contributed by atoms with Crippen molar-refractivity contribution in [2.75, 3.05) is 0 Å². The molecule has 1 N–H and O–H groups in total. The van der Waals surface area contributed by atoms with Crippen LogP contribution in [0, 0.1) is 13.8 Å². The van der Waals surface area contributed by atoms with Gasteiger partial charge < -0.3 is 5.11 Å². The zero-order chi connectivity index (χ0) is 10.7. The number of hydrogen-bond acceptors (Lipinski definition) is 1. The number of carboxylic acids is 1. The first-order valence-corrected chi connectivity index (χ1v) is 4.18. The number of carbonyl (C=O) groups is 1. The predicted octanol–water partition coefficient (Wildman–Crippen LogP) is 2.70. The molecule has 0 saturated carbocycles. The molecule has 0 aromatic heterocycles. The van der Waals surface area contributed by atoms with Crippen molar-refractivity contribution in [3.63, 3.8) is 0 Å². The molecule has 14 heavy (non-hydrogen) atoms. The Labute approximate surface area is 81.7 Å². The molecule has 0 amide bonds. The van der Waals surface area contributed by atoms with E-state index in [0.29, 0.717) is 5.56 Å². The Kier molecular flexibility index (Phi) is 3.02. The second-order valence-corrected chi connectivity index (χ2v) is 3.16. The summed E-state index contributed by atoms with van der Waals surface area (Å²) in [5, 5.41) is 8.36. The lowest BCUT2D eigenvalue weighted by atomic mass is 10.1. The van der Waals surface area contributed by atoms with Crippen LogP contribution >= 0.6 is 0 Å². The van der Waals surface area contributed by atoms with Gasteiger partial charge in [-0.25, -0.2) is 4.79 Å². The Morgan fingerprint density at radius 2 is 2.07 bits per heavy atom.